The Morgan fingerprint density at radius 3 is 2.29 bits per heavy atom. The molecule has 2 fully saturated rings. The number of rotatable bonds is 7. The highest BCUT2D eigenvalue weighted by molar-refractivity contribution is 7.90. The van der Waals surface area contributed by atoms with Gasteiger partial charge in [0, 0.05) is 36.1 Å². The van der Waals surface area contributed by atoms with Crippen molar-refractivity contribution < 1.29 is 18.8 Å². The molecule has 1 heterocycles. The number of hydrogen-bond acceptors (Lipinski definition) is 5. The van der Waals surface area contributed by atoms with Crippen LogP contribution in [0.3, 0.4) is 0 Å². The summed E-state index contributed by atoms with van der Waals surface area (Å²) in [6.07, 6.45) is 3.21. The van der Waals surface area contributed by atoms with Crippen LogP contribution in [0.1, 0.15) is 66.0 Å². The Morgan fingerprint density at radius 2 is 1.77 bits per heavy atom. The molecule has 0 aromatic heterocycles. The average Bonchev–Trinajstić information content (AvgIpc) is 3.30. The van der Waals surface area contributed by atoms with Gasteiger partial charge >= 0.3 is 6.09 Å². The molecule has 0 spiro atoms. The molecule has 1 saturated heterocycles. The molecule has 1 amide bonds. The van der Waals surface area contributed by atoms with Crippen LogP contribution < -0.4 is 9.46 Å². The van der Waals surface area contributed by atoms with Crippen molar-refractivity contribution in [2.75, 3.05) is 19.7 Å². The first-order chi connectivity index (χ1) is 16.2. The van der Waals surface area contributed by atoms with Gasteiger partial charge in [-0.3, -0.25) is 0 Å². The highest BCUT2D eigenvalue weighted by Gasteiger charge is 2.47. The summed E-state index contributed by atoms with van der Waals surface area (Å²) in [5.41, 5.74) is 0.326. The number of carbonyl (C=O) groups excluding carboxylic acids is 1. The molecule has 9 heteroatoms. The molecule has 1 saturated carbocycles. The third-order valence-corrected chi connectivity index (χ3v) is 8.75. The van der Waals surface area contributed by atoms with Crippen LogP contribution in [0.5, 0.6) is 5.75 Å². The first-order valence-electron chi connectivity index (χ1n) is 12.1. The SMILES string of the molecule is C=CCOc1cc(Cl)c(Cl)cc1[C@@H](N[S@@+]([O-])C(C)(C)C)C1C[C@@H]2CN(C(=O)OC(C)(C)C)C[C@H]2C1. The van der Waals surface area contributed by atoms with Crippen LogP contribution >= 0.6 is 23.2 Å². The van der Waals surface area contributed by atoms with Crippen molar-refractivity contribution in [3.05, 3.63) is 40.4 Å². The molecule has 0 radical (unpaired) electrons. The molecule has 1 aromatic carbocycles. The Bertz CT molecular complexity index is 917. The largest absolute Gasteiger partial charge is 0.598 e. The van der Waals surface area contributed by atoms with E-state index >= 15 is 0 Å². The number of benzene rings is 1. The average molecular weight is 546 g/mol. The number of nitrogens with one attached hydrogen (secondary N) is 1. The lowest BCUT2D eigenvalue weighted by molar-refractivity contribution is 0.0277. The van der Waals surface area contributed by atoms with Crippen LogP contribution in [0.4, 0.5) is 4.79 Å². The lowest BCUT2D eigenvalue weighted by atomic mass is 9.90. The van der Waals surface area contributed by atoms with Gasteiger partial charge in [0.05, 0.1) is 16.1 Å². The molecule has 6 nitrogen and oxygen atoms in total. The lowest BCUT2D eigenvalue weighted by Crippen LogP contribution is -2.43. The molecule has 0 unspecified atom stereocenters. The highest BCUT2D eigenvalue weighted by Crippen LogP contribution is 2.49. The minimum absolute atomic E-state index is 0.195. The number of fused-ring (bicyclic) bond motifs is 1. The van der Waals surface area contributed by atoms with Crippen LogP contribution in [-0.4, -0.2) is 45.6 Å². The van der Waals surface area contributed by atoms with Crippen LogP contribution in [0.2, 0.25) is 10.0 Å². The Kier molecular flexibility index (Phi) is 9.02. The van der Waals surface area contributed by atoms with Crippen molar-refractivity contribution in [1.29, 1.82) is 0 Å². The molecule has 1 aliphatic heterocycles. The molecule has 1 N–H and O–H groups in total. The lowest BCUT2D eigenvalue weighted by Gasteiger charge is -2.32. The zero-order valence-corrected chi connectivity index (χ0v) is 23.9. The Morgan fingerprint density at radius 1 is 1.20 bits per heavy atom. The molecule has 3 rings (SSSR count). The second-order valence-electron chi connectivity index (χ2n) is 11.5. The Hall–Kier alpha value is -1.12. The predicted molar refractivity (Wildman–Crippen MR) is 143 cm³/mol. The smallest absolute Gasteiger partial charge is 0.410 e. The van der Waals surface area contributed by atoms with Crippen molar-refractivity contribution in [2.24, 2.45) is 17.8 Å². The van der Waals surface area contributed by atoms with Gasteiger partial charge in [-0.25, -0.2) is 4.79 Å². The van der Waals surface area contributed by atoms with E-state index in [-0.39, 0.29) is 18.1 Å². The molecular formula is C26H38Cl2N2O4S. The third-order valence-electron chi connectivity index (χ3n) is 6.45. The second kappa shape index (κ2) is 11.1. The van der Waals surface area contributed by atoms with Crippen molar-refractivity contribution in [3.8, 4) is 5.75 Å². The maximum atomic E-state index is 13.2. The van der Waals surface area contributed by atoms with Gasteiger partial charge in [0.15, 0.2) is 0 Å². The topological polar surface area (TPSA) is 73.9 Å². The van der Waals surface area contributed by atoms with Gasteiger partial charge in [-0.1, -0.05) is 35.9 Å². The normalized spacial score (nSPS) is 22.6. The first-order valence-corrected chi connectivity index (χ1v) is 14.0. The maximum absolute atomic E-state index is 13.2. The number of likely N-dealkylation sites (tertiary alicyclic amines) is 1. The molecule has 4 atom stereocenters. The number of ether oxygens (including phenoxy) is 2. The Labute approximate surface area is 223 Å². The summed E-state index contributed by atoms with van der Waals surface area (Å²) in [6.45, 7) is 16.9. The van der Waals surface area contributed by atoms with E-state index in [1.807, 2.05) is 52.5 Å². The monoisotopic (exact) mass is 544 g/mol. The van der Waals surface area contributed by atoms with Crippen LogP contribution in [0, 0.1) is 17.8 Å². The van der Waals surface area contributed by atoms with E-state index < -0.39 is 21.7 Å². The fraction of sp³-hybridized carbons (Fsp3) is 0.654. The molecule has 196 valence electrons. The summed E-state index contributed by atoms with van der Waals surface area (Å²) in [4.78, 5) is 14.4. The van der Waals surface area contributed by atoms with Crippen molar-refractivity contribution in [1.82, 2.24) is 9.62 Å². The van der Waals surface area contributed by atoms with Gasteiger partial charge in [-0.05, 0) is 78.2 Å². The molecule has 0 bridgehead atoms. The number of amides is 1. The summed E-state index contributed by atoms with van der Waals surface area (Å²) in [6, 6.07) is 3.29. The quantitative estimate of drug-likeness (QED) is 0.311. The summed E-state index contributed by atoms with van der Waals surface area (Å²) in [7, 11) is 0. The summed E-state index contributed by atoms with van der Waals surface area (Å²) in [5, 5.41) is 0.830. The number of nitrogens with zero attached hydrogens (tertiary/aromatic N) is 1. The van der Waals surface area contributed by atoms with Gasteiger partial charge in [-0.15, -0.1) is 4.72 Å². The van der Waals surface area contributed by atoms with Gasteiger partial charge in [0.25, 0.3) is 0 Å². The van der Waals surface area contributed by atoms with Crippen molar-refractivity contribution >= 4 is 40.7 Å². The highest BCUT2D eigenvalue weighted by atomic mass is 35.5. The summed E-state index contributed by atoms with van der Waals surface area (Å²) >= 11 is 11.4. The second-order valence-corrected chi connectivity index (χ2v) is 14.3. The third kappa shape index (κ3) is 7.22. The van der Waals surface area contributed by atoms with E-state index in [2.05, 4.69) is 11.3 Å². The molecule has 1 aliphatic carbocycles. The van der Waals surface area contributed by atoms with Crippen molar-refractivity contribution in [2.45, 2.75) is 70.8 Å². The molecule has 35 heavy (non-hydrogen) atoms. The number of carbonyl (C=O) groups is 1. The molecular weight excluding hydrogens is 507 g/mol. The standard InChI is InChI=1S/C26H38Cl2N2O4S/c1-8-9-33-22-13-21(28)20(27)12-19(22)23(29-35(32)26(5,6)7)16-10-17-14-30(15-18(17)11-16)24(31)34-25(2,3)4/h8,12-13,16-18,23,29H,1,9-11,14-15H2,2-7H3/t17-,18-,23+,35+/m1/s1. The zero-order valence-electron chi connectivity index (χ0n) is 21.5. The van der Waals surface area contributed by atoms with E-state index in [9.17, 15) is 9.35 Å². The Balaban J connectivity index is 1.85. The predicted octanol–water partition coefficient (Wildman–Crippen LogP) is 6.54. The summed E-state index contributed by atoms with van der Waals surface area (Å²) < 4.78 is 27.7. The fourth-order valence-corrected chi connectivity index (χ4v) is 6.09. The fourth-order valence-electron chi connectivity index (χ4n) is 4.86. The zero-order chi connectivity index (χ0) is 26.1. The van der Waals surface area contributed by atoms with Crippen LogP contribution in [0.25, 0.3) is 0 Å². The van der Waals surface area contributed by atoms with E-state index in [0.717, 1.165) is 18.4 Å². The van der Waals surface area contributed by atoms with E-state index in [0.29, 0.717) is 47.3 Å². The molecule has 1 aromatic rings. The van der Waals surface area contributed by atoms with Gasteiger partial charge < -0.3 is 18.9 Å². The van der Waals surface area contributed by atoms with E-state index in [4.69, 9.17) is 32.7 Å². The van der Waals surface area contributed by atoms with Crippen LogP contribution in [-0.2, 0) is 16.1 Å². The van der Waals surface area contributed by atoms with E-state index in [1.54, 1.807) is 12.1 Å². The minimum atomic E-state index is -1.31. The number of hydrogen-bond donors (Lipinski definition) is 1. The van der Waals surface area contributed by atoms with E-state index in [1.165, 1.54) is 0 Å². The molecule has 2 aliphatic rings. The van der Waals surface area contributed by atoms with Gasteiger partial charge in [0.1, 0.15) is 22.7 Å². The van der Waals surface area contributed by atoms with Gasteiger partial charge in [0.2, 0.25) is 0 Å². The summed E-state index contributed by atoms with van der Waals surface area (Å²) in [5.74, 6) is 1.52. The van der Waals surface area contributed by atoms with Crippen molar-refractivity contribution in [3.63, 3.8) is 0 Å². The first kappa shape index (κ1) is 28.5. The minimum Gasteiger partial charge on any atom is -0.598 e. The number of halogens is 2. The maximum Gasteiger partial charge on any atom is 0.410 e. The van der Waals surface area contributed by atoms with Gasteiger partial charge in [-0.2, -0.15) is 0 Å². The van der Waals surface area contributed by atoms with Crippen LogP contribution in [0.15, 0.2) is 24.8 Å².